The molecule has 2 amide bonds. The predicted molar refractivity (Wildman–Crippen MR) is 54.5 cm³/mol. The van der Waals surface area contributed by atoms with Crippen molar-refractivity contribution in [1.82, 2.24) is 3.11 Å². The molecule has 6 heteroatoms. The SMILES string of the molecule is O=C1C=C2SCCC2C(=O)N1[I-]I. The predicted octanol–water partition coefficient (Wildman–Crippen LogP) is -1.65. The Hall–Kier alpha value is 0.690. The summed E-state index contributed by atoms with van der Waals surface area (Å²) in [6.07, 6.45) is 2.54. The standard InChI is InChI=1S/C7H6I2NO2S/c8-9-10-6(11)3-5-4(7(10)12)1-2-13-5/h3-4H,1-2H2/q-1. The Bertz CT molecular complexity index is 305. The third kappa shape index (κ3) is 1.76. The van der Waals surface area contributed by atoms with Crippen molar-refractivity contribution in [2.45, 2.75) is 6.42 Å². The molecule has 0 aromatic rings. The van der Waals surface area contributed by atoms with Crippen LogP contribution in [0.15, 0.2) is 11.0 Å². The van der Waals surface area contributed by atoms with E-state index in [-0.39, 0.29) is 17.7 Å². The van der Waals surface area contributed by atoms with E-state index in [1.807, 2.05) is 0 Å². The Kier molecular flexibility index (Phi) is 3.18. The van der Waals surface area contributed by atoms with Crippen molar-refractivity contribution in [3.63, 3.8) is 0 Å². The van der Waals surface area contributed by atoms with Gasteiger partial charge in [0.15, 0.2) is 0 Å². The summed E-state index contributed by atoms with van der Waals surface area (Å²) in [6.45, 7) is 0. The molecule has 1 fully saturated rings. The van der Waals surface area contributed by atoms with E-state index in [9.17, 15) is 9.59 Å². The first-order chi connectivity index (χ1) is 6.24. The van der Waals surface area contributed by atoms with Crippen LogP contribution in [0.1, 0.15) is 6.42 Å². The summed E-state index contributed by atoms with van der Waals surface area (Å²) in [5, 5.41) is 0. The number of imide groups is 1. The number of nitrogens with zero attached hydrogens (tertiary/aromatic N) is 1. The zero-order valence-corrected chi connectivity index (χ0v) is 11.6. The van der Waals surface area contributed by atoms with Gasteiger partial charge in [0.05, 0.1) is 0 Å². The van der Waals surface area contributed by atoms with E-state index in [0.29, 0.717) is 0 Å². The molecule has 1 unspecified atom stereocenters. The average molecular weight is 422 g/mol. The molecule has 13 heavy (non-hydrogen) atoms. The molecule has 0 saturated carbocycles. The van der Waals surface area contributed by atoms with Gasteiger partial charge in [-0.1, -0.05) is 0 Å². The Balaban J connectivity index is 2.33. The number of halogens is 2. The molecule has 2 rings (SSSR count). The van der Waals surface area contributed by atoms with E-state index in [1.165, 1.54) is 3.11 Å². The van der Waals surface area contributed by atoms with Crippen LogP contribution in [0.25, 0.3) is 0 Å². The third-order valence-electron chi connectivity index (χ3n) is 2.03. The van der Waals surface area contributed by atoms with Gasteiger partial charge in [0.25, 0.3) is 0 Å². The Morgan fingerprint density at radius 2 is 2.38 bits per heavy atom. The number of carbonyl (C=O) groups is 2. The molecule has 2 aliphatic rings. The van der Waals surface area contributed by atoms with Crippen LogP contribution in [-0.4, -0.2) is 20.7 Å². The van der Waals surface area contributed by atoms with Crippen molar-refractivity contribution < 1.29 is 27.1 Å². The van der Waals surface area contributed by atoms with Crippen LogP contribution in [0, 0.1) is 5.92 Å². The van der Waals surface area contributed by atoms with Crippen LogP contribution >= 0.6 is 30.4 Å². The number of hydrogen-bond donors (Lipinski definition) is 0. The maximum atomic E-state index is 11.7. The van der Waals surface area contributed by atoms with Crippen molar-refractivity contribution in [3.05, 3.63) is 11.0 Å². The molecule has 2 aliphatic heterocycles. The molecule has 72 valence electrons. The van der Waals surface area contributed by atoms with Gasteiger partial charge in [-0.3, -0.25) is 0 Å². The Labute approximate surface area is 100 Å². The zero-order valence-electron chi connectivity index (χ0n) is 6.50. The fourth-order valence-corrected chi connectivity index (χ4v) is 5.85. The monoisotopic (exact) mass is 422 g/mol. The van der Waals surface area contributed by atoms with E-state index in [0.717, 1.165) is 17.1 Å². The van der Waals surface area contributed by atoms with E-state index in [1.54, 1.807) is 17.8 Å². The summed E-state index contributed by atoms with van der Waals surface area (Å²) in [4.78, 5) is 24.1. The van der Waals surface area contributed by atoms with E-state index in [4.69, 9.17) is 0 Å². The van der Waals surface area contributed by atoms with Crippen LogP contribution < -0.4 is 17.5 Å². The number of carbonyl (C=O) groups excluding carboxylic acids is 2. The molecule has 3 nitrogen and oxygen atoms in total. The summed E-state index contributed by atoms with van der Waals surface area (Å²) in [5.74, 6) is 0.919. The number of fused-ring (bicyclic) bond motifs is 1. The average Bonchev–Trinajstić information content (AvgIpc) is 2.53. The minimum absolute atomic E-state index is 0.0113. The first kappa shape index (κ1) is 10.2. The summed E-state index contributed by atoms with van der Waals surface area (Å²) in [5.41, 5.74) is 0. The van der Waals surface area contributed by atoms with Crippen molar-refractivity contribution in [2.24, 2.45) is 5.92 Å². The van der Waals surface area contributed by atoms with Crippen LogP contribution in [0.4, 0.5) is 0 Å². The quantitative estimate of drug-likeness (QED) is 0.289. The molecule has 0 bridgehead atoms. The summed E-state index contributed by atoms with van der Waals surface area (Å²) < 4.78 is 1.43. The van der Waals surface area contributed by atoms with Crippen molar-refractivity contribution in [2.75, 3.05) is 5.75 Å². The second-order valence-corrected chi connectivity index (χ2v) is 7.70. The molecular weight excluding hydrogens is 416 g/mol. The molecule has 2 heterocycles. The fourth-order valence-electron chi connectivity index (χ4n) is 1.41. The summed E-state index contributed by atoms with van der Waals surface area (Å²) >= 11 is 3.33. The van der Waals surface area contributed by atoms with Crippen LogP contribution in [-0.2, 0) is 9.59 Å². The molecule has 0 aromatic heterocycles. The molecule has 0 aliphatic carbocycles. The molecule has 0 aromatic carbocycles. The van der Waals surface area contributed by atoms with E-state index >= 15 is 0 Å². The van der Waals surface area contributed by atoms with Crippen molar-refractivity contribution in [3.8, 4) is 0 Å². The first-order valence-electron chi connectivity index (χ1n) is 3.72. The Morgan fingerprint density at radius 3 is 3.08 bits per heavy atom. The van der Waals surface area contributed by atoms with Gasteiger partial charge >= 0.3 is 101 Å². The third-order valence-corrected chi connectivity index (χ3v) is 6.97. The molecule has 0 spiro atoms. The Morgan fingerprint density at radius 1 is 1.62 bits per heavy atom. The number of rotatable bonds is 1. The normalized spacial score (nSPS) is 27.9. The van der Waals surface area contributed by atoms with E-state index < -0.39 is 17.5 Å². The first-order valence-corrected chi connectivity index (χ1v) is 12.0. The topological polar surface area (TPSA) is 37.4 Å². The molecule has 0 radical (unpaired) electrons. The second-order valence-electron chi connectivity index (χ2n) is 2.76. The molecule has 1 atom stereocenters. The van der Waals surface area contributed by atoms with Gasteiger partial charge in [-0.2, -0.15) is 0 Å². The van der Waals surface area contributed by atoms with Gasteiger partial charge in [-0.15, -0.1) is 0 Å². The van der Waals surface area contributed by atoms with Crippen LogP contribution in [0.2, 0.25) is 0 Å². The number of hydrogen-bond acceptors (Lipinski definition) is 3. The minimum atomic E-state index is -0.469. The molecule has 0 N–H and O–H groups in total. The van der Waals surface area contributed by atoms with Crippen LogP contribution in [0.3, 0.4) is 0 Å². The van der Waals surface area contributed by atoms with Crippen molar-refractivity contribution in [1.29, 1.82) is 0 Å². The van der Waals surface area contributed by atoms with Gasteiger partial charge in [-0.05, 0) is 0 Å². The van der Waals surface area contributed by atoms with E-state index in [2.05, 4.69) is 18.6 Å². The van der Waals surface area contributed by atoms with Gasteiger partial charge < -0.3 is 0 Å². The molecular formula is C7H6I2NO2S-. The van der Waals surface area contributed by atoms with Crippen LogP contribution in [0.5, 0.6) is 0 Å². The number of amides is 2. The summed E-state index contributed by atoms with van der Waals surface area (Å²) in [6, 6.07) is 0. The van der Waals surface area contributed by atoms with Gasteiger partial charge in [0, 0.05) is 0 Å². The second kappa shape index (κ2) is 4.05. The summed E-state index contributed by atoms with van der Waals surface area (Å²) in [7, 11) is 0. The zero-order chi connectivity index (χ0) is 9.42. The van der Waals surface area contributed by atoms with Crippen molar-refractivity contribution >= 4 is 42.2 Å². The fraction of sp³-hybridized carbons (Fsp3) is 0.429. The number of thioether (sulfide) groups is 1. The van der Waals surface area contributed by atoms with Gasteiger partial charge in [0.1, 0.15) is 0 Å². The van der Waals surface area contributed by atoms with Gasteiger partial charge in [0.2, 0.25) is 0 Å². The maximum absolute atomic E-state index is 11.7. The molecule has 1 saturated heterocycles. The van der Waals surface area contributed by atoms with Gasteiger partial charge in [-0.25, -0.2) is 0 Å².